The molecule has 0 fully saturated rings. The first-order valence-electron chi connectivity index (χ1n) is 6.79. The second kappa shape index (κ2) is 6.91. The molecule has 4 nitrogen and oxygen atoms in total. The number of nitrogens with zero attached hydrogens (tertiary/aromatic N) is 2. The third kappa shape index (κ3) is 3.50. The van der Waals surface area contributed by atoms with Crippen molar-refractivity contribution in [3.63, 3.8) is 0 Å². The Hall–Kier alpha value is -2.56. The summed E-state index contributed by atoms with van der Waals surface area (Å²) in [4.78, 5) is 16.5. The van der Waals surface area contributed by atoms with Crippen LogP contribution in [-0.4, -0.2) is 10.9 Å². The van der Waals surface area contributed by atoms with Gasteiger partial charge in [-0.1, -0.05) is 28.1 Å². The van der Waals surface area contributed by atoms with Gasteiger partial charge in [0, 0.05) is 15.4 Å². The Labute approximate surface area is 149 Å². The molecule has 0 atom stereocenters. The number of hydrogen-bond acceptors (Lipinski definition) is 4. The monoisotopic (exact) mass is 401 g/mol. The average molecular weight is 402 g/mol. The number of benzene rings is 2. The number of rotatable bonds is 3. The molecule has 7 heteroatoms. The van der Waals surface area contributed by atoms with Crippen molar-refractivity contribution >= 4 is 38.3 Å². The Morgan fingerprint density at radius 3 is 2.67 bits per heavy atom. The third-order valence-corrected chi connectivity index (χ3v) is 4.46. The van der Waals surface area contributed by atoms with Gasteiger partial charge < -0.3 is 0 Å². The van der Waals surface area contributed by atoms with Gasteiger partial charge in [0.15, 0.2) is 5.13 Å². The summed E-state index contributed by atoms with van der Waals surface area (Å²) in [6.45, 7) is 0. The molecule has 0 aliphatic heterocycles. The summed E-state index contributed by atoms with van der Waals surface area (Å²) in [7, 11) is 0. The lowest BCUT2D eigenvalue weighted by Crippen LogP contribution is -2.13. The summed E-state index contributed by atoms with van der Waals surface area (Å²) < 4.78 is 14.4. The number of nitriles is 1. The van der Waals surface area contributed by atoms with E-state index < -0.39 is 11.7 Å². The van der Waals surface area contributed by atoms with Crippen molar-refractivity contribution in [1.82, 2.24) is 4.98 Å². The predicted molar refractivity (Wildman–Crippen MR) is 94.3 cm³/mol. The minimum Gasteiger partial charge on any atom is -0.298 e. The summed E-state index contributed by atoms with van der Waals surface area (Å²) >= 11 is 4.40. The van der Waals surface area contributed by atoms with Gasteiger partial charge in [-0.3, -0.25) is 10.1 Å². The van der Waals surface area contributed by atoms with E-state index in [2.05, 4.69) is 32.3 Å². The van der Waals surface area contributed by atoms with Crippen LogP contribution in [0.2, 0.25) is 0 Å². The molecule has 2 aromatic carbocycles. The lowest BCUT2D eigenvalue weighted by molar-refractivity contribution is 0.102. The lowest BCUT2D eigenvalue weighted by Gasteiger charge is -2.03. The maximum absolute atomic E-state index is 13.8. The van der Waals surface area contributed by atoms with Crippen LogP contribution in [0.1, 0.15) is 15.9 Å². The van der Waals surface area contributed by atoms with E-state index >= 15 is 0 Å². The van der Waals surface area contributed by atoms with Gasteiger partial charge in [0.05, 0.1) is 22.9 Å². The van der Waals surface area contributed by atoms with Crippen molar-refractivity contribution in [3.05, 3.63) is 69.3 Å². The molecule has 1 heterocycles. The molecular weight excluding hydrogens is 393 g/mol. The van der Waals surface area contributed by atoms with Crippen molar-refractivity contribution in [1.29, 1.82) is 5.26 Å². The second-order valence-corrected chi connectivity index (χ2v) is 6.58. The van der Waals surface area contributed by atoms with Crippen LogP contribution >= 0.6 is 27.3 Å². The Kier molecular flexibility index (Phi) is 4.69. The van der Waals surface area contributed by atoms with Crippen LogP contribution in [0.5, 0.6) is 0 Å². The Morgan fingerprint density at radius 2 is 2.00 bits per heavy atom. The fourth-order valence-corrected chi connectivity index (χ4v) is 3.07. The SMILES string of the molecule is N#Cc1ccc(-c2csc(NC(=O)c3ccc(Br)cc3F)n2)cc1. The molecular formula is C17H9BrFN3OS. The Balaban J connectivity index is 1.78. The van der Waals surface area contributed by atoms with Crippen LogP contribution in [0.4, 0.5) is 9.52 Å². The summed E-state index contributed by atoms with van der Waals surface area (Å²) in [5.74, 6) is -1.16. The molecule has 1 aromatic heterocycles. The van der Waals surface area contributed by atoms with Crippen molar-refractivity contribution in [3.8, 4) is 17.3 Å². The molecule has 0 aliphatic carbocycles. The molecule has 1 N–H and O–H groups in total. The molecule has 0 spiro atoms. The fourth-order valence-electron chi connectivity index (χ4n) is 2.02. The number of aromatic nitrogens is 1. The molecule has 3 rings (SSSR count). The second-order valence-electron chi connectivity index (χ2n) is 4.81. The normalized spacial score (nSPS) is 10.2. The van der Waals surface area contributed by atoms with Crippen LogP contribution in [0, 0.1) is 17.1 Å². The zero-order chi connectivity index (χ0) is 17.1. The number of amides is 1. The van der Waals surface area contributed by atoms with Gasteiger partial charge in [-0.15, -0.1) is 11.3 Å². The van der Waals surface area contributed by atoms with E-state index in [1.54, 1.807) is 35.7 Å². The van der Waals surface area contributed by atoms with Crippen molar-refractivity contribution in [2.75, 3.05) is 5.32 Å². The van der Waals surface area contributed by atoms with Crippen LogP contribution in [0.25, 0.3) is 11.3 Å². The Bertz CT molecular complexity index is 947. The molecule has 0 aliphatic rings. The highest BCUT2D eigenvalue weighted by molar-refractivity contribution is 9.10. The number of nitrogens with one attached hydrogen (secondary N) is 1. The average Bonchev–Trinajstić information content (AvgIpc) is 3.03. The predicted octanol–water partition coefficient (Wildman–Crippen LogP) is 4.84. The van der Waals surface area contributed by atoms with Crippen molar-refractivity contribution in [2.45, 2.75) is 0 Å². The molecule has 3 aromatic rings. The highest BCUT2D eigenvalue weighted by Crippen LogP contribution is 2.26. The highest BCUT2D eigenvalue weighted by atomic mass is 79.9. The first-order valence-corrected chi connectivity index (χ1v) is 8.46. The minimum absolute atomic E-state index is 0.0478. The summed E-state index contributed by atoms with van der Waals surface area (Å²) in [6.07, 6.45) is 0. The molecule has 24 heavy (non-hydrogen) atoms. The van der Waals surface area contributed by atoms with Crippen molar-refractivity contribution < 1.29 is 9.18 Å². The number of carbonyl (C=O) groups excluding carboxylic acids is 1. The summed E-state index contributed by atoms with van der Waals surface area (Å²) in [5, 5.41) is 13.6. The maximum Gasteiger partial charge on any atom is 0.260 e. The lowest BCUT2D eigenvalue weighted by atomic mass is 10.1. The van der Waals surface area contributed by atoms with Gasteiger partial charge in [-0.05, 0) is 30.3 Å². The molecule has 0 unspecified atom stereocenters. The van der Waals surface area contributed by atoms with E-state index in [9.17, 15) is 9.18 Å². The molecule has 0 radical (unpaired) electrons. The number of anilines is 1. The topological polar surface area (TPSA) is 65.8 Å². The third-order valence-electron chi connectivity index (χ3n) is 3.21. The number of hydrogen-bond donors (Lipinski definition) is 1. The summed E-state index contributed by atoms with van der Waals surface area (Å²) in [5.41, 5.74) is 2.03. The van der Waals surface area contributed by atoms with Crippen LogP contribution < -0.4 is 5.32 Å². The molecule has 0 saturated heterocycles. The first-order chi connectivity index (χ1) is 11.6. The van der Waals surface area contributed by atoms with Crippen LogP contribution in [0.3, 0.4) is 0 Å². The number of thiazole rings is 1. The largest absolute Gasteiger partial charge is 0.298 e. The fraction of sp³-hybridized carbons (Fsp3) is 0. The van der Waals surface area contributed by atoms with Gasteiger partial charge in [0.25, 0.3) is 5.91 Å². The minimum atomic E-state index is -0.606. The van der Waals surface area contributed by atoms with Gasteiger partial charge >= 0.3 is 0 Å². The van der Waals surface area contributed by atoms with E-state index in [0.29, 0.717) is 20.9 Å². The standard InChI is InChI=1S/C17H9BrFN3OS/c18-12-5-6-13(14(19)7-12)16(23)22-17-21-15(9-24-17)11-3-1-10(8-20)2-4-11/h1-7,9H,(H,21,22,23). The molecule has 0 bridgehead atoms. The Morgan fingerprint density at radius 1 is 1.25 bits per heavy atom. The first kappa shape index (κ1) is 16.3. The zero-order valence-electron chi connectivity index (χ0n) is 12.1. The van der Waals surface area contributed by atoms with Crippen LogP contribution in [-0.2, 0) is 0 Å². The maximum atomic E-state index is 13.8. The zero-order valence-corrected chi connectivity index (χ0v) is 14.5. The van der Waals surface area contributed by atoms with Crippen LogP contribution in [0.15, 0.2) is 52.3 Å². The highest BCUT2D eigenvalue weighted by Gasteiger charge is 2.14. The molecule has 0 saturated carbocycles. The van der Waals surface area contributed by atoms with E-state index in [4.69, 9.17) is 5.26 Å². The van der Waals surface area contributed by atoms with Crippen molar-refractivity contribution in [2.24, 2.45) is 0 Å². The number of halogens is 2. The van der Waals surface area contributed by atoms with Gasteiger partial charge in [0.2, 0.25) is 0 Å². The van der Waals surface area contributed by atoms with Gasteiger partial charge in [0.1, 0.15) is 5.82 Å². The van der Waals surface area contributed by atoms with E-state index in [0.717, 1.165) is 5.56 Å². The van der Waals surface area contributed by atoms with Gasteiger partial charge in [-0.2, -0.15) is 5.26 Å². The molecule has 1 amide bonds. The smallest absolute Gasteiger partial charge is 0.260 e. The number of carbonyl (C=O) groups is 1. The summed E-state index contributed by atoms with van der Waals surface area (Å²) in [6, 6.07) is 13.3. The van der Waals surface area contributed by atoms with E-state index in [-0.39, 0.29) is 5.56 Å². The van der Waals surface area contributed by atoms with Gasteiger partial charge in [-0.25, -0.2) is 9.37 Å². The van der Waals surface area contributed by atoms with E-state index in [1.165, 1.54) is 23.5 Å². The quantitative estimate of drug-likeness (QED) is 0.682. The van der Waals surface area contributed by atoms with E-state index in [1.807, 2.05) is 0 Å². The molecule has 118 valence electrons.